The fraction of sp³-hybridized carbons (Fsp3) is 0.800. The number of nitrogens with zero attached hydrogens (tertiary/aromatic N) is 1. The van der Waals surface area contributed by atoms with Crippen molar-refractivity contribution in [3.05, 3.63) is 16.6 Å². The van der Waals surface area contributed by atoms with Crippen LogP contribution in [0.4, 0.5) is 0 Å². The Morgan fingerprint density at radius 3 is 2.83 bits per heavy atom. The molecule has 2 aliphatic carbocycles. The van der Waals surface area contributed by atoms with Crippen LogP contribution in [0, 0.1) is 23.2 Å². The van der Waals surface area contributed by atoms with Gasteiger partial charge in [0.15, 0.2) is 0 Å². The van der Waals surface area contributed by atoms with Crippen molar-refractivity contribution in [2.75, 3.05) is 13.1 Å². The Bertz CT molecular complexity index is 375. The van der Waals surface area contributed by atoms with Gasteiger partial charge in [0, 0.05) is 11.9 Å². The molecular weight excluding hydrogens is 240 g/mol. The summed E-state index contributed by atoms with van der Waals surface area (Å²) < 4.78 is 0. The number of hydrogen-bond acceptors (Lipinski definition) is 3. The molecule has 0 saturated heterocycles. The monoisotopic (exact) mass is 264 g/mol. The molecule has 3 rings (SSSR count). The average molecular weight is 264 g/mol. The molecule has 3 heteroatoms. The van der Waals surface area contributed by atoms with Crippen LogP contribution in [0.1, 0.15) is 38.8 Å². The van der Waals surface area contributed by atoms with Crippen LogP contribution in [-0.4, -0.2) is 18.1 Å². The zero-order valence-corrected chi connectivity index (χ0v) is 12.3. The third kappa shape index (κ3) is 2.77. The molecule has 0 bridgehead atoms. The van der Waals surface area contributed by atoms with Crippen molar-refractivity contribution < 1.29 is 0 Å². The summed E-state index contributed by atoms with van der Waals surface area (Å²) in [6.45, 7) is 6.91. The lowest BCUT2D eigenvalue weighted by molar-refractivity contribution is 0.243. The van der Waals surface area contributed by atoms with Crippen molar-refractivity contribution in [1.29, 1.82) is 0 Å². The summed E-state index contributed by atoms with van der Waals surface area (Å²) in [5.74, 6) is 2.84. The van der Waals surface area contributed by atoms with E-state index in [9.17, 15) is 0 Å². The molecule has 2 aliphatic rings. The number of nitrogens with one attached hydrogen (secondary N) is 1. The lowest BCUT2D eigenvalue weighted by Gasteiger charge is -2.31. The number of aromatic nitrogens is 1. The third-order valence-electron chi connectivity index (χ3n) is 4.55. The smallest absolute Gasteiger partial charge is 0.0794 e. The van der Waals surface area contributed by atoms with E-state index >= 15 is 0 Å². The van der Waals surface area contributed by atoms with Crippen molar-refractivity contribution in [1.82, 2.24) is 10.3 Å². The number of thiazole rings is 1. The van der Waals surface area contributed by atoms with Gasteiger partial charge in [-0.15, -0.1) is 11.3 Å². The Morgan fingerprint density at radius 2 is 2.22 bits per heavy atom. The Hall–Kier alpha value is -0.410. The highest BCUT2D eigenvalue weighted by atomic mass is 32.1. The molecule has 0 radical (unpaired) electrons. The number of rotatable bonds is 6. The zero-order valence-electron chi connectivity index (χ0n) is 11.5. The van der Waals surface area contributed by atoms with Gasteiger partial charge in [0.1, 0.15) is 0 Å². The second-order valence-corrected chi connectivity index (χ2v) is 7.56. The van der Waals surface area contributed by atoms with E-state index in [2.05, 4.69) is 29.5 Å². The third-order valence-corrected chi connectivity index (χ3v) is 5.19. The van der Waals surface area contributed by atoms with E-state index < -0.39 is 0 Å². The van der Waals surface area contributed by atoms with Crippen LogP contribution in [0.3, 0.4) is 0 Å². The number of fused-ring (bicyclic) bond motifs is 1. The summed E-state index contributed by atoms with van der Waals surface area (Å²) in [4.78, 5) is 4.50. The van der Waals surface area contributed by atoms with Crippen LogP contribution in [-0.2, 0) is 6.42 Å². The predicted molar refractivity (Wildman–Crippen MR) is 76.8 cm³/mol. The normalized spacial score (nSPS) is 33.9. The van der Waals surface area contributed by atoms with E-state index in [4.69, 9.17) is 0 Å². The minimum atomic E-state index is 0.510. The second-order valence-electron chi connectivity index (χ2n) is 6.85. The van der Waals surface area contributed by atoms with E-state index in [0.717, 1.165) is 24.3 Å². The highest BCUT2D eigenvalue weighted by Gasteiger charge is 2.53. The number of hydrogen-bond donors (Lipinski definition) is 1. The molecule has 0 spiro atoms. The molecule has 2 atom stereocenters. The Kier molecular flexibility index (Phi) is 3.46. The first-order valence-electron chi connectivity index (χ1n) is 7.25. The van der Waals surface area contributed by atoms with Crippen LogP contribution in [0.5, 0.6) is 0 Å². The summed E-state index contributed by atoms with van der Waals surface area (Å²) in [6.07, 6.45) is 5.55. The summed E-state index contributed by atoms with van der Waals surface area (Å²) in [7, 11) is 0. The summed E-state index contributed by atoms with van der Waals surface area (Å²) in [5.41, 5.74) is 3.80. The Labute approximate surface area is 114 Å². The highest BCUT2D eigenvalue weighted by molar-refractivity contribution is 7.07. The van der Waals surface area contributed by atoms with Crippen LogP contribution in [0.25, 0.3) is 0 Å². The first-order chi connectivity index (χ1) is 8.67. The average Bonchev–Trinajstić information content (AvgIpc) is 2.76. The van der Waals surface area contributed by atoms with E-state index in [1.54, 1.807) is 11.3 Å². The SMILES string of the molecule is CC(C)CNCC1(Cc2cscn2)CC2CC2C1. The molecular formula is C15H24N2S. The molecule has 100 valence electrons. The van der Waals surface area contributed by atoms with Gasteiger partial charge in [-0.2, -0.15) is 0 Å². The molecule has 2 saturated carbocycles. The van der Waals surface area contributed by atoms with Gasteiger partial charge < -0.3 is 5.32 Å². The van der Waals surface area contributed by atoms with Crippen LogP contribution in [0.2, 0.25) is 0 Å². The molecule has 2 nitrogen and oxygen atoms in total. The first kappa shape index (κ1) is 12.6. The largest absolute Gasteiger partial charge is 0.316 e. The van der Waals surface area contributed by atoms with Gasteiger partial charge in [0.25, 0.3) is 0 Å². The summed E-state index contributed by atoms with van der Waals surface area (Å²) >= 11 is 1.73. The maximum atomic E-state index is 4.50. The van der Waals surface area contributed by atoms with E-state index in [1.807, 2.05) is 5.51 Å². The maximum Gasteiger partial charge on any atom is 0.0794 e. The molecule has 2 fully saturated rings. The van der Waals surface area contributed by atoms with Crippen LogP contribution < -0.4 is 5.32 Å². The maximum absolute atomic E-state index is 4.50. The second kappa shape index (κ2) is 4.93. The minimum absolute atomic E-state index is 0.510. The Morgan fingerprint density at radius 1 is 1.44 bits per heavy atom. The van der Waals surface area contributed by atoms with E-state index in [-0.39, 0.29) is 0 Å². The molecule has 1 aromatic rings. The molecule has 1 aromatic heterocycles. The first-order valence-corrected chi connectivity index (χ1v) is 8.19. The van der Waals surface area contributed by atoms with Gasteiger partial charge in [0.2, 0.25) is 0 Å². The summed E-state index contributed by atoms with van der Waals surface area (Å²) in [5, 5.41) is 5.93. The lowest BCUT2D eigenvalue weighted by Crippen LogP contribution is -2.36. The van der Waals surface area contributed by atoms with Crippen molar-refractivity contribution in [3.8, 4) is 0 Å². The van der Waals surface area contributed by atoms with Crippen LogP contribution >= 0.6 is 11.3 Å². The Balaban J connectivity index is 1.61. The molecule has 2 unspecified atom stereocenters. The topological polar surface area (TPSA) is 24.9 Å². The molecule has 0 aliphatic heterocycles. The van der Waals surface area contributed by atoms with Crippen LogP contribution in [0.15, 0.2) is 10.9 Å². The molecule has 1 heterocycles. The lowest BCUT2D eigenvalue weighted by atomic mass is 9.78. The highest BCUT2D eigenvalue weighted by Crippen LogP contribution is 2.60. The minimum Gasteiger partial charge on any atom is -0.316 e. The van der Waals surface area contributed by atoms with Crippen molar-refractivity contribution in [2.24, 2.45) is 23.2 Å². The molecule has 0 amide bonds. The van der Waals surface area contributed by atoms with Crippen molar-refractivity contribution in [2.45, 2.75) is 39.5 Å². The van der Waals surface area contributed by atoms with E-state index in [1.165, 1.54) is 37.9 Å². The molecule has 18 heavy (non-hydrogen) atoms. The van der Waals surface area contributed by atoms with Crippen molar-refractivity contribution in [3.63, 3.8) is 0 Å². The molecule has 1 N–H and O–H groups in total. The fourth-order valence-electron chi connectivity index (χ4n) is 3.69. The van der Waals surface area contributed by atoms with Gasteiger partial charge in [-0.3, -0.25) is 0 Å². The van der Waals surface area contributed by atoms with Gasteiger partial charge >= 0.3 is 0 Å². The quantitative estimate of drug-likeness (QED) is 0.852. The standard InChI is InChI=1S/C15H24N2S/c1-11(2)7-16-9-15(4-12-3-13(12)5-15)6-14-8-18-10-17-14/h8,10-13,16H,3-7,9H2,1-2H3. The van der Waals surface area contributed by atoms with Gasteiger partial charge in [0.05, 0.1) is 11.2 Å². The van der Waals surface area contributed by atoms with E-state index in [0.29, 0.717) is 5.41 Å². The zero-order chi connectivity index (χ0) is 12.6. The fourth-order valence-corrected chi connectivity index (χ4v) is 4.25. The van der Waals surface area contributed by atoms with Gasteiger partial charge in [-0.05, 0) is 55.4 Å². The van der Waals surface area contributed by atoms with Gasteiger partial charge in [-0.25, -0.2) is 4.98 Å². The van der Waals surface area contributed by atoms with Crippen molar-refractivity contribution >= 4 is 11.3 Å². The van der Waals surface area contributed by atoms with Gasteiger partial charge in [-0.1, -0.05) is 13.8 Å². The summed E-state index contributed by atoms with van der Waals surface area (Å²) in [6, 6.07) is 0. The molecule has 0 aromatic carbocycles. The predicted octanol–water partition coefficient (Wildman–Crippen LogP) is 3.35.